The van der Waals surface area contributed by atoms with Crippen molar-refractivity contribution >= 4 is 41.0 Å². The lowest BCUT2D eigenvalue weighted by atomic mass is 9.92. The molecule has 1 atom stereocenters. The van der Waals surface area contributed by atoms with Crippen LogP contribution < -0.4 is 10.6 Å². The van der Waals surface area contributed by atoms with Crippen LogP contribution in [0.15, 0.2) is 65.3 Å². The Labute approximate surface area is 194 Å². The Morgan fingerprint density at radius 1 is 1.09 bits per heavy atom. The molecular weight excluding hydrogens is 453 g/mol. The van der Waals surface area contributed by atoms with Crippen molar-refractivity contribution in [1.82, 2.24) is 15.5 Å². The predicted octanol–water partition coefficient (Wildman–Crippen LogP) is 4.48. The number of carbonyl (C=O) groups is 3. The van der Waals surface area contributed by atoms with Crippen LogP contribution in [0.4, 0.5) is 4.79 Å². The molecule has 1 aromatic heterocycles. The van der Waals surface area contributed by atoms with E-state index in [1.807, 2.05) is 0 Å². The van der Waals surface area contributed by atoms with Crippen LogP contribution in [0.2, 0.25) is 10.0 Å². The highest BCUT2D eigenvalue weighted by molar-refractivity contribution is 6.42. The van der Waals surface area contributed by atoms with E-state index < -0.39 is 17.5 Å². The largest absolute Gasteiger partial charge is 0.467 e. The smallest absolute Gasteiger partial charge is 0.325 e. The Kier molecular flexibility index (Phi) is 5.95. The molecular formula is C23H19Cl2N3O4. The molecule has 0 aliphatic carbocycles. The van der Waals surface area contributed by atoms with Gasteiger partial charge in [0.25, 0.3) is 11.8 Å². The van der Waals surface area contributed by atoms with Gasteiger partial charge in [0.15, 0.2) is 0 Å². The molecule has 4 amide bonds. The normalized spacial score (nSPS) is 18.0. The maximum atomic E-state index is 13.2. The summed E-state index contributed by atoms with van der Waals surface area (Å²) in [5, 5.41) is 6.15. The van der Waals surface area contributed by atoms with Crippen molar-refractivity contribution in [2.45, 2.75) is 25.6 Å². The molecule has 0 saturated carbocycles. The highest BCUT2D eigenvalue weighted by Crippen LogP contribution is 2.33. The molecule has 0 radical (unpaired) electrons. The van der Waals surface area contributed by atoms with Gasteiger partial charge in [-0.25, -0.2) is 4.79 Å². The van der Waals surface area contributed by atoms with E-state index >= 15 is 0 Å². The van der Waals surface area contributed by atoms with Crippen LogP contribution in [-0.2, 0) is 23.4 Å². The zero-order valence-electron chi connectivity index (χ0n) is 17.0. The molecule has 1 fully saturated rings. The van der Waals surface area contributed by atoms with Crippen molar-refractivity contribution in [1.29, 1.82) is 0 Å². The van der Waals surface area contributed by atoms with Crippen LogP contribution in [0.25, 0.3) is 0 Å². The van der Waals surface area contributed by atoms with Gasteiger partial charge in [0.2, 0.25) is 0 Å². The topological polar surface area (TPSA) is 91.7 Å². The first kappa shape index (κ1) is 21.9. The standard InChI is InChI=1S/C23H19Cl2N3O4/c1-23(16-7-8-18(24)19(25)11-16)21(30)28(22(31)27-23)13-14-4-2-5-15(10-14)20(29)26-12-17-6-3-9-32-17/h2-11H,12-13H2,1H3,(H,26,29)(H,27,31). The molecule has 0 spiro atoms. The third-order valence-electron chi connectivity index (χ3n) is 5.31. The summed E-state index contributed by atoms with van der Waals surface area (Å²) in [4.78, 5) is 39.4. The number of nitrogens with one attached hydrogen (secondary N) is 2. The molecule has 164 valence electrons. The molecule has 1 aliphatic heterocycles. The summed E-state index contributed by atoms with van der Waals surface area (Å²) in [6.07, 6.45) is 1.53. The van der Waals surface area contributed by atoms with Gasteiger partial charge in [-0.3, -0.25) is 14.5 Å². The first-order valence-electron chi connectivity index (χ1n) is 9.77. The minimum absolute atomic E-state index is 0.0148. The van der Waals surface area contributed by atoms with Crippen LogP contribution in [0, 0.1) is 0 Å². The summed E-state index contributed by atoms with van der Waals surface area (Å²) < 4.78 is 5.21. The van der Waals surface area contributed by atoms with E-state index in [1.54, 1.807) is 61.5 Å². The van der Waals surface area contributed by atoms with Crippen LogP contribution in [0.5, 0.6) is 0 Å². The summed E-state index contributed by atoms with van der Waals surface area (Å²) in [7, 11) is 0. The summed E-state index contributed by atoms with van der Waals surface area (Å²) >= 11 is 12.1. The number of hydrogen-bond donors (Lipinski definition) is 2. The fraction of sp³-hybridized carbons (Fsp3) is 0.174. The summed E-state index contributed by atoms with van der Waals surface area (Å²) in [5.74, 6) is -0.0786. The number of rotatable bonds is 6. The van der Waals surface area contributed by atoms with E-state index in [0.29, 0.717) is 32.5 Å². The van der Waals surface area contributed by atoms with Gasteiger partial charge in [-0.05, 0) is 54.4 Å². The third-order valence-corrected chi connectivity index (χ3v) is 6.04. The van der Waals surface area contributed by atoms with Gasteiger partial charge in [0.1, 0.15) is 11.3 Å². The highest BCUT2D eigenvalue weighted by Gasteiger charge is 2.49. The Balaban J connectivity index is 1.49. The predicted molar refractivity (Wildman–Crippen MR) is 119 cm³/mol. The van der Waals surface area contributed by atoms with Gasteiger partial charge in [-0.15, -0.1) is 0 Å². The molecule has 32 heavy (non-hydrogen) atoms. The van der Waals surface area contributed by atoms with E-state index in [4.69, 9.17) is 27.6 Å². The van der Waals surface area contributed by atoms with Crippen LogP contribution in [0.3, 0.4) is 0 Å². The van der Waals surface area contributed by atoms with Crippen LogP contribution in [-0.4, -0.2) is 22.7 Å². The number of nitrogens with zero attached hydrogens (tertiary/aromatic N) is 1. The van der Waals surface area contributed by atoms with Crippen molar-refractivity contribution in [2.75, 3.05) is 0 Å². The maximum Gasteiger partial charge on any atom is 0.325 e. The molecule has 3 aromatic rings. The van der Waals surface area contributed by atoms with Crippen molar-refractivity contribution in [3.8, 4) is 0 Å². The number of carbonyl (C=O) groups excluding carboxylic acids is 3. The number of hydrogen-bond acceptors (Lipinski definition) is 4. The average molecular weight is 472 g/mol. The minimum Gasteiger partial charge on any atom is -0.467 e. The summed E-state index contributed by atoms with van der Waals surface area (Å²) in [6, 6.07) is 14.5. The summed E-state index contributed by atoms with van der Waals surface area (Å²) in [6.45, 7) is 1.89. The molecule has 1 aliphatic rings. The Hall–Kier alpha value is -3.29. The molecule has 7 nitrogen and oxygen atoms in total. The third kappa shape index (κ3) is 4.22. The van der Waals surface area contributed by atoms with Gasteiger partial charge in [-0.1, -0.05) is 41.4 Å². The zero-order chi connectivity index (χ0) is 22.9. The number of furan rings is 1. The molecule has 1 unspecified atom stereocenters. The lowest BCUT2D eigenvalue weighted by molar-refractivity contribution is -0.131. The number of halogens is 2. The average Bonchev–Trinajstić information content (AvgIpc) is 3.37. The number of urea groups is 1. The van der Waals surface area contributed by atoms with Crippen LogP contribution >= 0.6 is 23.2 Å². The SMILES string of the molecule is CC1(c2ccc(Cl)c(Cl)c2)NC(=O)N(Cc2cccc(C(=O)NCc3ccco3)c2)C1=O. The minimum atomic E-state index is -1.27. The van der Waals surface area contributed by atoms with Gasteiger partial charge >= 0.3 is 6.03 Å². The van der Waals surface area contributed by atoms with Crippen LogP contribution in [0.1, 0.15) is 34.2 Å². The van der Waals surface area contributed by atoms with Crippen molar-refractivity contribution in [3.05, 3.63) is 93.4 Å². The first-order valence-corrected chi connectivity index (χ1v) is 10.5. The molecule has 1 saturated heterocycles. The quantitative estimate of drug-likeness (QED) is 0.518. The maximum absolute atomic E-state index is 13.2. The van der Waals surface area contributed by atoms with Crippen molar-refractivity contribution in [3.63, 3.8) is 0 Å². The first-order chi connectivity index (χ1) is 15.3. The van der Waals surface area contributed by atoms with Gasteiger partial charge in [0, 0.05) is 5.56 Å². The molecule has 2 N–H and O–H groups in total. The Morgan fingerprint density at radius 2 is 1.91 bits per heavy atom. The zero-order valence-corrected chi connectivity index (χ0v) is 18.5. The Morgan fingerprint density at radius 3 is 2.62 bits per heavy atom. The fourth-order valence-corrected chi connectivity index (χ4v) is 3.82. The number of benzene rings is 2. The van der Waals surface area contributed by atoms with Gasteiger partial charge in [-0.2, -0.15) is 0 Å². The number of imide groups is 1. The fourth-order valence-electron chi connectivity index (χ4n) is 3.52. The summed E-state index contributed by atoms with van der Waals surface area (Å²) in [5.41, 5.74) is 0.299. The Bertz CT molecular complexity index is 1200. The van der Waals surface area contributed by atoms with E-state index in [9.17, 15) is 14.4 Å². The molecule has 9 heteroatoms. The van der Waals surface area contributed by atoms with E-state index in [2.05, 4.69) is 10.6 Å². The molecule has 4 rings (SSSR count). The second-order valence-corrected chi connectivity index (χ2v) is 8.35. The monoisotopic (exact) mass is 471 g/mol. The molecule has 2 aromatic carbocycles. The highest BCUT2D eigenvalue weighted by atomic mass is 35.5. The lowest BCUT2D eigenvalue weighted by Crippen LogP contribution is -2.40. The lowest BCUT2D eigenvalue weighted by Gasteiger charge is -2.22. The van der Waals surface area contributed by atoms with Gasteiger partial charge < -0.3 is 15.1 Å². The van der Waals surface area contributed by atoms with Crippen molar-refractivity contribution in [2.24, 2.45) is 0 Å². The van der Waals surface area contributed by atoms with E-state index in [1.165, 1.54) is 6.26 Å². The van der Waals surface area contributed by atoms with Gasteiger partial charge in [0.05, 0.1) is 29.4 Å². The van der Waals surface area contributed by atoms with Crippen molar-refractivity contribution < 1.29 is 18.8 Å². The molecule has 0 bridgehead atoms. The van der Waals surface area contributed by atoms with E-state index in [0.717, 1.165) is 4.90 Å². The van der Waals surface area contributed by atoms with E-state index in [-0.39, 0.29) is 19.0 Å². The number of amides is 4. The second-order valence-electron chi connectivity index (χ2n) is 7.54. The second kappa shape index (κ2) is 8.68. The molecule has 2 heterocycles.